The van der Waals surface area contributed by atoms with Crippen LogP contribution in [0, 0.1) is 5.92 Å². The summed E-state index contributed by atoms with van der Waals surface area (Å²) < 4.78 is 5.23. The lowest BCUT2D eigenvalue weighted by atomic mass is 9.95. The Morgan fingerprint density at radius 1 is 1.18 bits per heavy atom. The van der Waals surface area contributed by atoms with Crippen molar-refractivity contribution in [2.75, 3.05) is 16.8 Å². The zero-order chi connectivity index (χ0) is 24.2. The van der Waals surface area contributed by atoms with Gasteiger partial charge in [0.2, 0.25) is 5.95 Å². The van der Waals surface area contributed by atoms with E-state index in [1.807, 2.05) is 26.8 Å². The molecule has 2 aromatic rings. The molecule has 9 heteroatoms. The summed E-state index contributed by atoms with van der Waals surface area (Å²) in [7, 11) is 0. The molecule has 1 aromatic heterocycles. The van der Waals surface area contributed by atoms with Crippen LogP contribution >= 0.6 is 11.6 Å². The minimum absolute atomic E-state index is 0.0706. The second-order valence-electron chi connectivity index (χ2n) is 9.41. The fraction of sp³-hybridized carbons (Fsp3) is 0.520. The van der Waals surface area contributed by atoms with Gasteiger partial charge in [-0.1, -0.05) is 50.8 Å². The summed E-state index contributed by atoms with van der Waals surface area (Å²) in [5, 5.41) is 6.78. The van der Waals surface area contributed by atoms with Crippen LogP contribution in [0.1, 0.15) is 74.8 Å². The Labute approximate surface area is 205 Å². The highest BCUT2D eigenvalue weighted by Crippen LogP contribution is 2.28. The summed E-state index contributed by atoms with van der Waals surface area (Å²) in [5.74, 6) is 0.992. The number of benzene rings is 1. The van der Waals surface area contributed by atoms with Crippen LogP contribution < -0.4 is 15.5 Å². The molecule has 1 aliphatic heterocycles. The van der Waals surface area contributed by atoms with E-state index in [9.17, 15) is 9.59 Å². The van der Waals surface area contributed by atoms with Crippen molar-refractivity contribution < 1.29 is 14.3 Å². The van der Waals surface area contributed by atoms with Crippen LogP contribution in [-0.4, -0.2) is 40.7 Å². The highest BCUT2D eigenvalue weighted by molar-refractivity contribution is 6.33. The number of ether oxygens (including phenoxy) is 1. The molecule has 2 aliphatic rings. The number of rotatable bonds is 7. The molecule has 2 heterocycles. The summed E-state index contributed by atoms with van der Waals surface area (Å²) in [5.41, 5.74) is 1.38. The van der Waals surface area contributed by atoms with Crippen molar-refractivity contribution in [3.05, 3.63) is 46.6 Å². The van der Waals surface area contributed by atoms with Crippen LogP contribution in [0.2, 0.25) is 5.02 Å². The highest BCUT2D eigenvalue weighted by Gasteiger charge is 2.37. The largest absolute Gasteiger partial charge is 0.447 e. The average Bonchev–Trinajstić information content (AvgIpc) is 3.21. The van der Waals surface area contributed by atoms with Gasteiger partial charge in [-0.25, -0.2) is 9.78 Å². The Balaban J connectivity index is 1.44. The Morgan fingerprint density at radius 2 is 1.94 bits per heavy atom. The van der Waals surface area contributed by atoms with E-state index < -0.39 is 6.09 Å². The molecule has 0 bridgehead atoms. The van der Waals surface area contributed by atoms with Gasteiger partial charge in [-0.15, -0.1) is 0 Å². The molecule has 34 heavy (non-hydrogen) atoms. The second-order valence-corrected chi connectivity index (χ2v) is 9.82. The van der Waals surface area contributed by atoms with Crippen molar-refractivity contribution >= 4 is 35.4 Å². The molecular weight excluding hydrogens is 454 g/mol. The van der Waals surface area contributed by atoms with Gasteiger partial charge in [0.15, 0.2) is 0 Å². The maximum Gasteiger partial charge on any atom is 0.415 e. The fourth-order valence-corrected chi connectivity index (χ4v) is 4.79. The van der Waals surface area contributed by atoms with Crippen molar-refractivity contribution in [3.63, 3.8) is 0 Å². The minimum atomic E-state index is -0.398. The van der Waals surface area contributed by atoms with Crippen molar-refractivity contribution in [1.82, 2.24) is 15.3 Å². The molecule has 2 amide bonds. The number of nitrogens with one attached hydrogen (secondary N) is 2. The maximum atomic E-state index is 12.7. The number of amides is 2. The van der Waals surface area contributed by atoms with Crippen LogP contribution in [0.5, 0.6) is 0 Å². The second kappa shape index (κ2) is 10.6. The van der Waals surface area contributed by atoms with Crippen LogP contribution in [-0.2, 0) is 4.74 Å². The van der Waals surface area contributed by atoms with E-state index in [0.29, 0.717) is 29.0 Å². The van der Waals surface area contributed by atoms with Gasteiger partial charge in [0.25, 0.3) is 5.91 Å². The van der Waals surface area contributed by atoms with E-state index in [1.165, 1.54) is 6.42 Å². The number of carbonyl (C=O) groups excluding carboxylic acids is 2. The molecule has 1 saturated carbocycles. The molecule has 2 fully saturated rings. The van der Waals surface area contributed by atoms with Gasteiger partial charge in [-0.2, -0.15) is 4.98 Å². The number of halogens is 1. The first-order chi connectivity index (χ1) is 16.3. The van der Waals surface area contributed by atoms with Gasteiger partial charge in [0.05, 0.1) is 22.7 Å². The summed E-state index contributed by atoms with van der Waals surface area (Å²) in [6.45, 7) is 6.40. The summed E-state index contributed by atoms with van der Waals surface area (Å²) in [6, 6.07) is 7.13. The lowest BCUT2D eigenvalue weighted by molar-refractivity contribution is 0.0928. The molecule has 4 rings (SSSR count). The number of aromatic nitrogens is 2. The molecule has 1 saturated heterocycles. The highest BCUT2D eigenvalue weighted by atomic mass is 35.5. The standard InChI is InChI=1S/C25H32ClN5O3/c1-15(2)21-14-34-25(33)31(21)22-11-12-27-24(30-22)28-16(3)17-9-10-19(20(26)13-17)23(32)29-18-7-5-4-6-8-18/h9-13,15-16,18,21H,4-8,14H2,1-3H3,(H,29,32)(H,27,28,30)/t16-,21+/m0/s1. The smallest absolute Gasteiger partial charge is 0.415 e. The van der Waals surface area contributed by atoms with E-state index in [4.69, 9.17) is 16.3 Å². The number of nitrogens with zero attached hydrogens (tertiary/aromatic N) is 3. The van der Waals surface area contributed by atoms with Gasteiger partial charge in [-0.05, 0) is 49.4 Å². The summed E-state index contributed by atoms with van der Waals surface area (Å²) in [4.78, 5) is 35.4. The van der Waals surface area contributed by atoms with Crippen LogP contribution in [0.15, 0.2) is 30.5 Å². The molecule has 182 valence electrons. The van der Waals surface area contributed by atoms with Gasteiger partial charge in [-0.3, -0.25) is 9.69 Å². The molecular formula is C25H32ClN5O3. The number of hydrogen-bond donors (Lipinski definition) is 2. The predicted molar refractivity (Wildman–Crippen MR) is 132 cm³/mol. The van der Waals surface area contributed by atoms with Crippen LogP contribution in [0.3, 0.4) is 0 Å². The number of hydrogen-bond acceptors (Lipinski definition) is 6. The molecule has 2 atom stereocenters. The first-order valence-corrected chi connectivity index (χ1v) is 12.4. The molecule has 1 aromatic carbocycles. The number of anilines is 2. The van der Waals surface area contributed by atoms with E-state index in [-0.39, 0.29) is 30.0 Å². The maximum absolute atomic E-state index is 12.7. The molecule has 0 unspecified atom stereocenters. The lowest BCUT2D eigenvalue weighted by Crippen LogP contribution is -2.37. The van der Waals surface area contributed by atoms with Crippen LogP contribution in [0.4, 0.5) is 16.6 Å². The van der Waals surface area contributed by atoms with E-state index in [1.54, 1.807) is 29.3 Å². The van der Waals surface area contributed by atoms with E-state index in [0.717, 1.165) is 31.2 Å². The van der Waals surface area contributed by atoms with E-state index in [2.05, 4.69) is 20.6 Å². The Bertz CT molecular complexity index is 1040. The summed E-state index contributed by atoms with van der Waals surface area (Å²) in [6.07, 6.45) is 6.81. The normalized spacial score (nSPS) is 19.7. The number of cyclic esters (lactones) is 1. The predicted octanol–water partition coefficient (Wildman–Crippen LogP) is 5.35. The third-order valence-electron chi connectivity index (χ3n) is 6.59. The molecule has 0 radical (unpaired) electrons. The number of carbonyl (C=O) groups is 2. The topological polar surface area (TPSA) is 96.5 Å². The zero-order valence-electron chi connectivity index (χ0n) is 19.9. The van der Waals surface area contributed by atoms with Gasteiger partial charge in [0.1, 0.15) is 12.4 Å². The SMILES string of the molecule is CC(C)[C@H]1COC(=O)N1c1ccnc(N[C@@H](C)c2ccc(C(=O)NC3CCCCC3)c(Cl)c2)n1. The third-order valence-corrected chi connectivity index (χ3v) is 6.90. The fourth-order valence-electron chi connectivity index (χ4n) is 4.51. The Kier molecular flexibility index (Phi) is 7.56. The monoisotopic (exact) mass is 485 g/mol. The zero-order valence-corrected chi connectivity index (χ0v) is 20.6. The molecule has 8 nitrogen and oxygen atoms in total. The molecule has 0 spiro atoms. The van der Waals surface area contributed by atoms with Gasteiger partial charge >= 0.3 is 6.09 Å². The minimum Gasteiger partial charge on any atom is -0.447 e. The quantitative estimate of drug-likeness (QED) is 0.549. The van der Waals surface area contributed by atoms with Crippen molar-refractivity contribution in [2.45, 2.75) is 71.0 Å². The van der Waals surface area contributed by atoms with Gasteiger partial charge < -0.3 is 15.4 Å². The Hall–Kier alpha value is -2.87. The van der Waals surface area contributed by atoms with E-state index >= 15 is 0 Å². The molecule has 2 N–H and O–H groups in total. The first-order valence-electron chi connectivity index (χ1n) is 12.0. The first kappa shape index (κ1) is 24.3. The lowest BCUT2D eigenvalue weighted by Gasteiger charge is -2.24. The van der Waals surface area contributed by atoms with Crippen molar-refractivity contribution in [2.24, 2.45) is 5.92 Å². The molecule has 1 aliphatic carbocycles. The van der Waals surface area contributed by atoms with Gasteiger partial charge in [0, 0.05) is 12.2 Å². The van der Waals surface area contributed by atoms with Crippen molar-refractivity contribution in [1.29, 1.82) is 0 Å². The summed E-state index contributed by atoms with van der Waals surface area (Å²) >= 11 is 6.48. The Morgan fingerprint density at radius 3 is 2.65 bits per heavy atom. The third kappa shape index (κ3) is 5.43. The van der Waals surface area contributed by atoms with Crippen molar-refractivity contribution in [3.8, 4) is 0 Å². The van der Waals surface area contributed by atoms with Crippen LogP contribution in [0.25, 0.3) is 0 Å². The average molecular weight is 486 g/mol.